The Balaban J connectivity index is 2.30. The van der Waals surface area contributed by atoms with Crippen LogP contribution < -0.4 is 0 Å². The minimum Gasteiger partial charge on any atom is -0.227 e. The molecule has 0 saturated heterocycles. The SMILES string of the molecule is Cc1csc(-c2nc(Cl)c3c(C)cccc3n2)c1Cl. The average molecular weight is 309 g/mol. The maximum absolute atomic E-state index is 6.29. The first kappa shape index (κ1) is 12.9. The van der Waals surface area contributed by atoms with E-state index in [0.717, 1.165) is 26.9 Å². The van der Waals surface area contributed by atoms with Gasteiger partial charge in [-0.3, -0.25) is 0 Å². The number of halogens is 2. The smallest absolute Gasteiger partial charge is 0.173 e. The van der Waals surface area contributed by atoms with E-state index < -0.39 is 0 Å². The summed E-state index contributed by atoms with van der Waals surface area (Å²) in [6.45, 7) is 3.97. The lowest BCUT2D eigenvalue weighted by molar-refractivity contribution is 1.23. The second-order valence-corrected chi connectivity index (χ2v) is 5.98. The molecule has 0 unspecified atom stereocenters. The highest BCUT2D eigenvalue weighted by molar-refractivity contribution is 7.14. The lowest BCUT2D eigenvalue weighted by atomic mass is 10.1. The quantitative estimate of drug-likeness (QED) is 0.571. The summed E-state index contributed by atoms with van der Waals surface area (Å²) in [4.78, 5) is 9.82. The van der Waals surface area contributed by atoms with Crippen LogP contribution in [-0.2, 0) is 0 Å². The van der Waals surface area contributed by atoms with E-state index in [4.69, 9.17) is 23.2 Å². The van der Waals surface area contributed by atoms with Crippen molar-refractivity contribution in [1.82, 2.24) is 9.97 Å². The number of aryl methyl sites for hydroxylation is 2. The molecule has 5 heteroatoms. The summed E-state index contributed by atoms with van der Waals surface area (Å²) in [5.74, 6) is 0.589. The molecule has 3 aromatic rings. The topological polar surface area (TPSA) is 25.8 Å². The minimum absolute atomic E-state index is 0.472. The van der Waals surface area contributed by atoms with Gasteiger partial charge in [-0.15, -0.1) is 11.3 Å². The first-order chi connectivity index (χ1) is 9.08. The summed E-state index contributed by atoms with van der Waals surface area (Å²) in [6, 6.07) is 5.90. The number of aromatic nitrogens is 2. The van der Waals surface area contributed by atoms with Gasteiger partial charge >= 0.3 is 0 Å². The molecule has 0 amide bonds. The van der Waals surface area contributed by atoms with Crippen molar-refractivity contribution in [3.05, 3.63) is 44.9 Å². The van der Waals surface area contributed by atoms with Gasteiger partial charge in [-0.1, -0.05) is 35.3 Å². The van der Waals surface area contributed by atoms with Gasteiger partial charge in [0, 0.05) is 5.39 Å². The van der Waals surface area contributed by atoms with Gasteiger partial charge in [0.15, 0.2) is 5.82 Å². The Labute approximate surface area is 125 Å². The van der Waals surface area contributed by atoms with Crippen molar-refractivity contribution in [1.29, 1.82) is 0 Å². The summed E-state index contributed by atoms with van der Waals surface area (Å²) in [5.41, 5.74) is 2.95. The summed E-state index contributed by atoms with van der Waals surface area (Å²) >= 11 is 14.1. The lowest BCUT2D eigenvalue weighted by Crippen LogP contribution is -1.92. The van der Waals surface area contributed by atoms with E-state index in [1.165, 1.54) is 11.3 Å². The average Bonchev–Trinajstić information content (AvgIpc) is 2.69. The Kier molecular flexibility index (Phi) is 3.21. The Bertz CT molecular complexity index is 780. The fourth-order valence-corrected chi connectivity index (χ4v) is 3.52. The molecular weight excluding hydrogens is 299 g/mol. The van der Waals surface area contributed by atoms with Crippen LogP contribution in [0.4, 0.5) is 0 Å². The molecule has 19 heavy (non-hydrogen) atoms. The molecule has 0 bridgehead atoms. The van der Waals surface area contributed by atoms with Crippen LogP contribution in [0.1, 0.15) is 11.1 Å². The van der Waals surface area contributed by atoms with Crippen LogP contribution in [0.5, 0.6) is 0 Å². The molecular formula is C14H10Cl2N2S. The summed E-state index contributed by atoms with van der Waals surface area (Å²) in [6.07, 6.45) is 0. The van der Waals surface area contributed by atoms with E-state index >= 15 is 0 Å². The van der Waals surface area contributed by atoms with Crippen LogP contribution in [0.25, 0.3) is 21.6 Å². The number of rotatable bonds is 1. The second kappa shape index (κ2) is 4.75. The van der Waals surface area contributed by atoms with Crippen LogP contribution in [0.2, 0.25) is 10.2 Å². The van der Waals surface area contributed by atoms with E-state index in [1.54, 1.807) is 0 Å². The van der Waals surface area contributed by atoms with Gasteiger partial charge in [0.2, 0.25) is 0 Å². The van der Waals surface area contributed by atoms with Crippen molar-refractivity contribution < 1.29 is 0 Å². The molecule has 0 atom stereocenters. The van der Waals surface area contributed by atoms with Crippen molar-refractivity contribution in [2.24, 2.45) is 0 Å². The standard InChI is InChI=1S/C14H10Cl2N2S/c1-7-4-3-5-9-10(7)13(16)18-14(17-9)12-11(15)8(2)6-19-12/h3-6H,1-2H3. The molecule has 0 N–H and O–H groups in total. The third-order valence-corrected chi connectivity index (χ3v) is 4.96. The zero-order valence-corrected chi connectivity index (χ0v) is 12.7. The fourth-order valence-electron chi connectivity index (χ4n) is 1.98. The van der Waals surface area contributed by atoms with Gasteiger partial charge in [0.1, 0.15) is 5.15 Å². The van der Waals surface area contributed by atoms with E-state index in [1.807, 2.05) is 37.4 Å². The summed E-state index contributed by atoms with van der Waals surface area (Å²) in [5, 5.41) is 4.07. The second-order valence-electron chi connectivity index (χ2n) is 4.37. The molecule has 0 aliphatic carbocycles. The number of hydrogen-bond donors (Lipinski definition) is 0. The van der Waals surface area contributed by atoms with E-state index in [2.05, 4.69) is 9.97 Å². The zero-order valence-electron chi connectivity index (χ0n) is 10.4. The lowest BCUT2D eigenvalue weighted by Gasteiger charge is -2.05. The molecule has 3 rings (SSSR count). The van der Waals surface area contributed by atoms with Gasteiger partial charge in [-0.25, -0.2) is 9.97 Å². The number of hydrogen-bond acceptors (Lipinski definition) is 3. The molecule has 96 valence electrons. The van der Waals surface area contributed by atoms with E-state index in [-0.39, 0.29) is 0 Å². The maximum Gasteiger partial charge on any atom is 0.173 e. The highest BCUT2D eigenvalue weighted by atomic mass is 35.5. The van der Waals surface area contributed by atoms with Crippen LogP contribution >= 0.6 is 34.5 Å². The third kappa shape index (κ3) is 2.12. The molecule has 0 aliphatic rings. The normalized spacial score (nSPS) is 11.2. The highest BCUT2D eigenvalue weighted by Crippen LogP contribution is 2.36. The monoisotopic (exact) mass is 308 g/mol. The van der Waals surface area contributed by atoms with Gasteiger partial charge in [0.25, 0.3) is 0 Å². The minimum atomic E-state index is 0.472. The summed E-state index contributed by atoms with van der Waals surface area (Å²) < 4.78 is 0. The van der Waals surface area contributed by atoms with Crippen molar-refractivity contribution in [2.45, 2.75) is 13.8 Å². The van der Waals surface area contributed by atoms with Gasteiger partial charge < -0.3 is 0 Å². The molecule has 0 radical (unpaired) electrons. The zero-order chi connectivity index (χ0) is 13.6. The molecule has 0 fully saturated rings. The van der Waals surface area contributed by atoms with Gasteiger partial charge in [-0.05, 0) is 36.4 Å². The maximum atomic E-state index is 6.29. The van der Waals surface area contributed by atoms with E-state index in [9.17, 15) is 0 Å². The first-order valence-electron chi connectivity index (χ1n) is 5.74. The van der Waals surface area contributed by atoms with Crippen LogP contribution in [0.15, 0.2) is 23.6 Å². The molecule has 1 aromatic carbocycles. The Morgan fingerprint density at radius 1 is 1.05 bits per heavy atom. The fraction of sp³-hybridized carbons (Fsp3) is 0.143. The predicted molar refractivity (Wildman–Crippen MR) is 82.3 cm³/mol. The number of benzene rings is 1. The first-order valence-corrected chi connectivity index (χ1v) is 7.38. The van der Waals surface area contributed by atoms with Crippen molar-refractivity contribution in [3.63, 3.8) is 0 Å². The Hall–Kier alpha value is -1.16. The predicted octanol–water partition coefficient (Wildman–Crippen LogP) is 5.28. The number of thiophene rings is 1. The largest absolute Gasteiger partial charge is 0.227 e. The molecule has 2 heterocycles. The molecule has 2 aromatic heterocycles. The molecule has 0 spiro atoms. The molecule has 0 aliphatic heterocycles. The molecule has 2 nitrogen and oxygen atoms in total. The van der Waals surface area contributed by atoms with Crippen molar-refractivity contribution >= 4 is 45.4 Å². The highest BCUT2D eigenvalue weighted by Gasteiger charge is 2.14. The Morgan fingerprint density at radius 3 is 2.53 bits per heavy atom. The Morgan fingerprint density at radius 2 is 1.84 bits per heavy atom. The van der Waals surface area contributed by atoms with Crippen molar-refractivity contribution in [2.75, 3.05) is 0 Å². The van der Waals surface area contributed by atoms with Crippen LogP contribution in [0.3, 0.4) is 0 Å². The number of nitrogens with zero attached hydrogens (tertiary/aromatic N) is 2. The van der Waals surface area contributed by atoms with E-state index in [0.29, 0.717) is 16.0 Å². The number of fused-ring (bicyclic) bond motifs is 1. The van der Waals surface area contributed by atoms with Crippen molar-refractivity contribution in [3.8, 4) is 10.7 Å². The third-order valence-electron chi connectivity index (χ3n) is 2.99. The van der Waals surface area contributed by atoms with Crippen LogP contribution in [0, 0.1) is 13.8 Å². The van der Waals surface area contributed by atoms with Crippen LogP contribution in [-0.4, -0.2) is 9.97 Å². The molecule has 0 saturated carbocycles. The van der Waals surface area contributed by atoms with Gasteiger partial charge in [-0.2, -0.15) is 0 Å². The van der Waals surface area contributed by atoms with Gasteiger partial charge in [0.05, 0.1) is 15.4 Å². The summed E-state index contributed by atoms with van der Waals surface area (Å²) in [7, 11) is 0.